The van der Waals surface area contributed by atoms with Gasteiger partial charge in [0.1, 0.15) is 5.82 Å². The largest absolute Gasteiger partial charge is 0.376 e. The van der Waals surface area contributed by atoms with Gasteiger partial charge in [-0.25, -0.2) is 4.39 Å². The van der Waals surface area contributed by atoms with Crippen molar-refractivity contribution in [2.45, 2.75) is 20.4 Å². The molecule has 96 valence electrons. The molecule has 2 nitrogen and oxygen atoms in total. The summed E-state index contributed by atoms with van der Waals surface area (Å²) >= 11 is 0. The van der Waals surface area contributed by atoms with Crippen LogP contribution in [0.4, 0.5) is 4.39 Å². The summed E-state index contributed by atoms with van der Waals surface area (Å²) in [6.45, 7) is 11.6. The van der Waals surface area contributed by atoms with E-state index in [9.17, 15) is 4.39 Å². The van der Waals surface area contributed by atoms with Crippen LogP contribution < -0.4 is 0 Å². The monoisotopic (exact) mass is 246 g/mol. The van der Waals surface area contributed by atoms with Gasteiger partial charge in [-0.2, -0.15) is 0 Å². The minimum Gasteiger partial charge on any atom is -0.376 e. The lowest BCUT2D eigenvalue weighted by Crippen LogP contribution is -2.11. The van der Waals surface area contributed by atoms with Crippen LogP contribution in [0, 0.1) is 12.7 Å². The fourth-order valence-electron chi connectivity index (χ4n) is 1.67. The molecule has 0 saturated heterocycles. The van der Waals surface area contributed by atoms with Crippen LogP contribution in [0.1, 0.15) is 18.1 Å². The zero-order valence-corrected chi connectivity index (χ0v) is 11.2. The van der Waals surface area contributed by atoms with E-state index >= 15 is 0 Å². The van der Waals surface area contributed by atoms with Crippen LogP contribution in [0.25, 0.3) is 0 Å². The molecule has 18 heavy (non-hydrogen) atoms. The molecular weight excluding hydrogens is 227 g/mol. The first-order valence-electron chi connectivity index (χ1n) is 5.73. The molecule has 0 heterocycles. The summed E-state index contributed by atoms with van der Waals surface area (Å²) in [5.74, 6) is -0.169. The zero-order valence-electron chi connectivity index (χ0n) is 11.2. The van der Waals surface area contributed by atoms with Gasteiger partial charge in [-0.05, 0) is 43.3 Å². The van der Waals surface area contributed by atoms with Crippen LogP contribution in [-0.2, 0) is 6.54 Å². The average molecular weight is 246 g/mol. The zero-order chi connectivity index (χ0) is 13.7. The van der Waals surface area contributed by atoms with E-state index in [0.717, 1.165) is 11.1 Å². The fraction of sp³-hybridized carbons (Fsp3) is 0.267. The third kappa shape index (κ3) is 3.84. The first-order valence-corrected chi connectivity index (χ1v) is 5.73. The first-order chi connectivity index (χ1) is 8.43. The predicted octanol–water partition coefficient (Wildman–Crippen LogP) is 3.68. The van der Waals surface area contributed by atoms with Crippen LogP contribution in [-0.4, -0.2) is 18.7 Å². The Morgan fingerprint density at radius 3 is 2.72 bits per heavy atom. The van der Waals surface area contributed by atoms with E-state index in [4.69, 9.17) is 0 Å². The lowest BCUT2D eigenvalue weighted by Gasteiger charge is -2.16. The molecule has 0 aliphatic carbocycles. The third-order valence-corrected chi connectivity index (χ3v) is 2.71. The van der Waals surface area contributed by atoms with Crippen LogP contribution >= 0.6 is 0 Å². The van der Waals surface area contributed by atoms with E-state index in [1.165, 1.54) is 6.07 Å². The third-order valence-electron chi connectivity index (χ3n) is 2.71. The predicted molar refractivity (Wildman–Crippen MR) is 75.1 cm³/mol. The number of benzene rings is 1. The van der Waals surface area contributed by atoms with Crippen molar-refractivity contribution in [3.05, 3.63) is 59.2 Å². The van der Waals surface area contributed by atoms with Crippen molar-refractivity contribution in [2.75, 3.05) is 7.05 Å². The summed E-state index contributed by atoms with van der Waals surface area (Å²) in [6, 6.07) is 5.15. The second-order valence-corrected chi connectivity index (χ2v) is 4.42. The van der Waals surface area contributed by atoms with Gasteiger partial charge in [0.05, 0.1) is 5.70 Å². The smallest absolute Gasteiger partial charge is 0.126 e. The van der Waals surface area contributed by atoms with Gasteiger partial charge in [0.15, 0.2) is 0 Å². The van der Waals surface area contributed by atoms with E-state index in [0.29, 0.717) is 17.8 Å². The molecule has 0 saturated carbocycles. The number of nitrogens with zero attached hydrogens (tertiary/aromatic N) is 2. The Balaban J connectivity index is 2.75. The minimum absolute atomic E-state index is 0.169. The molecule has 3 heteroatoms. The van der Waals surface area contributed by atoms with Gasteiger partial charge in [-0.1, -0.05) is 18.7 Å². The fourth-order valence-corrected chi connectivity index (χ4v) is 1.67. The number of halogens is 1. The Morgan fingerprint density at radius 1 is 1.50 bits per heavy atom. The van der Waals surface area contributed by atoms with Gasteiger partial charge in [0.2, 0.25) is 0 Å². The molecule has 0 N–H and O–H groups in total. The normalized spacial score (nSPS) is 11.2. The molecule has 0 aromatic heterocycles. The second-order valence-electron chi connectivity index (χ2n) is 4.42. The van der Waals surface area contributed by atoms with Crippen molar-refractivity contribution in [3.8, 4) is 0 Å². The SMILES string of the molecule is C=NC(=C)/C(C)=C\N(C)Cc1ccc(F)c(C)c1. The molecule has 1 aromatic carbocycles. The molecular formula is C15H19FN2. The Hall–Kier alpha value is -1.90. The molecule has 0 spiro atoms. The van der Waals surface area contributed by atoms with Crippen molar-refractivity contribution in [1.29, 1.82) is 0 Å². The highest BCUT2D eigenvalue weighted by Crippen LogP contribution is 2.13. The van der Waals surface area contributed by atoms with E-state index in [2.05, 4.69) is 18.3 Å². The van der Waals surface area contributed by atoms with Crippen molar-refractivity contribution < 1.29 is 4.39 Å². The maximum Gasteiger partial charge on any atom is 0.126 e. The molecule has 0 fully saturated rings. The van der Waals surface area contributed by atoms with E-state index in [1.807, 2.05) is 31.1 Å². The quantitative estimate of drug-likeness (QED) is 0.571. The van der Waals surface area contributed by atoms with Crippen LogP contribution in [0.2, 0.25) is 0 Å². The topological polar surface area (TPSA) is 15.6 Å². The summed E-state index contributed by atoms with van der Waals surface area (Å²) in [4.78, 5) is 5.80. The summed E-state index contributed by atoms with van der Waals surface area (Å²) in [5.41, 5.74) is 3.36. The highest BCUT2D eigenvalue weighted by atomic mass is 19.1. The first kappa shape index (κ1) is 14.2. The summed E-state index contributed by atoms with van der Waals surface area (Å²) < 4.78 is 13.1. The number of rotatable bonds is 5. The van der Waals surface area contributed by atoms with Crippen LogP contribution in [0.3, 0.4) is 0 Å². The number of aliphatic imine (C=N–C) groups is 1. The summed E-state index contributed by atoms with van der Waals surface area (Å²) in [5, 5.41) is 0. The van der Waals surface area contributed by atoms with Crippen LogP contribution in [0.5, 0.6) is 0 Å². The van der Waals surface area contributed by atoms with Crippen molar-refractivity contribution >= 4 is 6.72 Å². The average Bonchev–Trinajstić information content (AvgIpc) is 2.32. The second kappa shape index (κ2) is 6.15. The Kier molecular flexibility index (Phi) is 4.84. The van der Waals surface area contributed by atoms with Crippen molar-refractivity contribution in [3.63, 3.8) is 0 Å². The highest BCUT2D eigenvalue weighted by Gasteiger charge is 2.02. The molecule has 0 unspecified atom stereocenters. The standard InChI is InChI=1S/C15H19FN2/c1-11-8-14(6-7-15(11)16)10-18(5)9-12(2)13(3)17-4/h6-9H,3-4,10H2,1-2,5H3/b12-9-. The van der Waals surface area contributed by atoms with E-state index in [-0.39, 0.29) is 5.82 Å². The van der Waals surface area contributed by atoms with Gasteiger partial charge < -0.3 is 4.90 Å². The van der Waals surface area contributed by atoms with Crippen LogP contribution in [0.15, 0.2) is 47.2 Å². The molecule has 0 bridgehead atoms. The van der Waals surface area contributed by atoms with Gasteiger partial charge >= 0.3 is 0 Å². The van der Waals surface area contributed by atoms with E-state index in [1.54, 1.807) is 13.0 Å². The lowest BCUT2D eigenvalue weighted by molar-refractivity contribution is 0.447. The van der Waals surface area contributed by atoms with Crippen molar-refractivity contribution in [2.24, 2.45) is 4.99 Å². The molecule has 0 radical (unpaired) electrons. The molecule has 1 aromatic rings. The molecule has 1 rings (SSSR count). The lowest BCUT2D eigenvalue weighted by atomic mass is 10.1. The molecule has 0 aliphatic rings. The maximum absolute atomic E-state index is 13.1. The molecule has 0 aliphatic heterocycles. The summed E-state index contributed by atoms with van der Waals surface area (Å²) in [6.07, 6.45) is 1.95. The summed E-state index contributed by atoms with van der Waals surface area (Å²) in [7, 11) is 1.96. The van der Waals surface area contributed by atoms with E-state index < -0.39 is 0 Å². The minimum atomic E-state index is -0.169. The maximum atomic E-state index is 13.1. The molecule has 0 amide bonds. The number of allylic oxidation sites excluding steroid dienone is 1. The van der Waals surface area contributed by atoms with Crippen molar-refractivity contribution in [1.82, 2.24) is 4.90 Å². The number of hydrogen-bond donors (Lipinski definition) is 0. The number of aryl methyl sites for hydroxylation is 1. The Morgan fingerprint density at radius 2 is 2.17 bits per heavy atom. The van der Waals surface area contributed by atoms with Gasteiger partial charge in [0.25, 0.3) is 0 Å². The molecule has 0 atom stereocenters. The van der Waals surface area contributed by atoms with Gasteiger partial charge in [0, 0.05) is 19.8 Å². The highest BCUT2D eigenvalue weighted by molar-refractivity contribution is 5.35. The number of hydrogen-bond acceptors (Lipinski definition) is 2. The Labute approximate surface area is 108 Å². The van der Waals surface area contributed by atoms with Gasteiger partial charge in [-0.3, -0.25) is 4.99 Å². The van der Waals surface area contributed by atoms with Gasteiger partial charge in [-0.15, -0.1) is 0 Å². The Bertz CT molecular complexity index is 489.